The lowest BCUT2D eigenvalue weighted by Gasteiger charge is -2.25. The molecule has 0 aliphatic heterocycles. The molecular formula is C41H65N4O13S2+. The van der Waals surface area contributed by atoms with Crippen LogP contribution in [0.1, 0.15) is 24.0 Å². The van der Waals surface area contributed by atoms with Crippen LogP contribution in [0, 0.1) is 6.92 Å². The molecule has 1 heterocycles. The first-order chi connectivity index (χ1) is 29.4. The van der Waals surface area contributed by atoms with E-state index in [4.69, 9.17) is 52.3 Å². The molecule has 0 atom stereocenters. The van der Waals surface area contributed by atoms with Gasteiger partial charge in [-0.15, -0.1) is 0 Å². The minimum absolute atomic E-state index is 0.0162. The SMILES string of the molecule is Cc1cc(N(CCOCCOCCOCCOCCOCCOCCOCCOCCOCCO)Cc2ccccc2)ccc1N=Nc1scc[n+]1CCCCS(=O)(=O)O. The van der Waals surface area contributed by atoms with E-state index in [1.54, 1.807) is 0 Å². The quantitative estimate of drug-likeness (QED) is 0.0351. The number of nitrogens with zero attached hydrogens (tertiary/aromatic N) is 4. The number of aryl methyl sites for hydroxylation is 2. The van der Waals surface area contributed by atoms with Crippen molar-refractivity contribution in [2.24, 2.45) is 10.2 Å². The number of thiazole rings is 1. The van der Waals surface area contributed by atoms with E-state index >= 15 is 0 Å². The van der Waals surface area contributed by atoms with Gasteiger partial charge in [-0.05, 0) is 65.5 Å². The smallest absolute Gasteiger partial charge is 0.394 e. The molecule has 0 unspecified atom stereocenters. The summed E-state index contributed by atoms with van der Waals surface area (Å²) in [4.78, 5) is 2.28. The number of benzene rings is 2. The molecule has 3 aromatic rings. The van der Waals surface area contributed by atoms with E-state index in [9.17, 15) is 8.42 Å². The zero-order valence-electron chi connectivity index (χ0n) is 34.9. The summed E-state index contributed by atoms with van der Waals surface area (Å²) in [5, 5.41) is 20.2. The van der Waals surface area contributed by atoms with Crippen LogP contribution in [0.2, 0.25) is 0 Å². The molecule has 0 aliphatic carbocycles. The molecule has 17 nitrogen and oxygen atoms in total. The van der Waals surface area contributed by atoms with Crippen LogP contribution in [0.25, 0.3) is 0 Å². The average Bonchev–Trinajstić information content (AvgIpc) is 3.69. The van der Waals surface area contributed by atoms with Crippen molar-refractivity contribution in [3.05, 3.63) is 71.2 Å². The van der Waals surface area contributed by atoms with Gasteiger partial charge >= 0.3 is 5.13 Å². The Bertz CT molecular complexity index is 1640. The lowest BCUT2D eigenvalue weighted by atomic mass is 10.1. The van der Waals surface area contributed by atoms with Crippen LogP contribution >= 0.6 is 11.3 Å². The van der Waals surface area contributed by atoms with Gasteiger partial charge in [0.05, 0.1) is 143 Å². The van der Waals surface area contributed by atoms with Gasteiger partial charge in [0.1, 0.15) is 11.9 Å². The second-order valence-electron chi connectivity index (χ2n) is 13.2. The van der Waals surface area contributed by atoms with Crippen molar-refractivity contribution in [2.45, 2.75) is 32.9 Å². The minimum Gasteiger partial charge on any atom is -0.394 e. The number of aliphatic hydroxyl groups excluding tert-OH is 1. The summed E-state index contributed by atoms with van der Waals surface area (Å²) < 4.78 is 82.5. The zero-order valence-corrected chi connectivity index (χ0v) is 36.6. The van der Waals surface area contributed by atoms with Crippen molar-refractivity contribution in [3.63, 3.8) is 0 Å². The molecule has 3 rings (SSSR count). The maximum atomic E-state index is 11.0. The first-order valence-electron chi connectivity index (χ1n) is 20.4. The van der Waals surface area contributed by atoms with Crippen molar-refractivity contribution in [3.8, 4) is 0 Å². The summed E-state index contributed by atoms with van der Waals surface area (Å²) >= 11 is 1.45. The van der Waals surface area contributed by atoms with Gasteiger partial charge in [-0.1, -0.05) is 30.3 Å². The monoisotopic (exact) mass is 885 g/mol. The van der Waals surface area contributed by atoms with Crippen molar-refractivity contribution in [1.29, 1.82) is 0 Å². The Kier molecular flexibility index (Phi) is 28.7. The normalized spacial score (nSPS) is 11.9. The molecular weight excluding hydrogens is 821 g/mol. The molecule has 2 aromatic carbocycles. The van der Waals surface area contributed by atoms with Crippen molar-refractivity contribution >= 4 is 38.0 Å². The summed E-state index contributed by atoms with van der Waals surface area (Å²) in [7, 11) is -3.96. The summed E-state index contributed by atoms with van der Waals surface area (Å²) in [6, 6.07) is 16.4. The lowest BCUT2D eigenvalue weighted by molar-refractivity contribution is -0.680. The number of anilines is 1. The molecule has 338 valence electrons. The molecule has 0 aliphatic rings. The van der Waals surface area contributed by atoms with Crippen LogP contribution in [0.3, 0.4) is 0 Å². The highest BCUT2D eigenvalue weighted by atomic mass is 32.2. The number of rotatable bonds is 39. The van der Waals surface area contributed by atoms with Crippen LogP contribution in [0.15, 0.2) is 70.3 Å². The molecule has 0 bridgehead atoms. The van der Waals surface area contributed by atoms with Gasteiger partial charge in [0.25, 0.3) is 10.1 Å². The number of hydrogen-bond acceptors (Lipinski definition) is 16. The second kappa shape index (κ2) is 33.6. The molecule has 60 heavy (non-hydrogen) atoms. The average molecular weight is 886 g/mol. The maximum absolute atomic E-state index is 11.0. The van der Waals surface area contributed by atoms with Gasteiger partial charge in [-0.25, -0.2) is 4.57 Å². The summed E-state index contributed by atoms with van der Waals surface area (Å²) in [5.74, 6) is -0.253. The topological polar surface area (TPSA) is 190 Å². The van der Waals surface area contributed by atoms with Gasteiger partial charge in [0, 0.05) is 24.2 Å². The second-order valence-corrected chi connectivity index (χ2v) is 15.6. The molecule has 0 spiro atoms. The molecule has 2 N–H and O–H groups in total. The number of aliphatic hydroxyl groups is 1. The third-order valence-electron chi connectivity index (χ3n) is 8.43. The predicted octanol–water partition coefficient (Wildman–Crippen LogP) is 4.58. The summed E-state index contributed by atoms with van der Waals surface area (Å²) in [5.41, 5.74) is 3.98. The van der Waals surface area contributed by atoms with Crippen molar-refractivity contribution < 1.29 is 65.3 Å². The van der Waals surface area contributed by atoms with Crippen molar-refractivity contribution in [2.75, 3.05) is 143 Å². The van der Waals surface area contributed by atoms with Crippen molar-refractivity contribution in [1.82, 2.24) is 0 Å². The predicted molar refractivity (Wildman–Crippen MR) is 227 cm³/mol. The number of unbranched alkanes of at least 4 members (excludes halogenated alkanes) is 1. The number of ether oxygens (including phenoxy) is 9. The van der Waals surface area contributed by atoms with Gasteiger partial charge in [0.2, 0.25) is 0 Å². The van der Waals surface area contributed by atoms with E-state index in [1.165, 1.54) is 16.9 Å². The molecule has 0 saturated heterocycles. The number of aromatic nitrogens is 1. The molecule has 0 amide bonds. The van der Waals surface area contributed by atoms with Gasteiger partial charge in [-0.2, -0.15) is 8.42 Å². The molecule has 19 heteroatoms. The third-order valence-corrected chi connectivity index (χ3v) is 10.0. The number of azo groups is 1. The Morgan fingerprint density at radius 3 is 1.63 bits per heavy atom. The van der Waals surface area contributed by atoms with Gasteiger partial charge in [0.15, 0.2) is 0 Å². The van der Waals surface area contributed by atoms with Gasteiger partial charge in [-0.3, -0.25) is 4.55 Å². The van der Waals surface area contributed by atoms with Crippen LogP contribution < -0.4 is 9.47 Å². The first-order valence-corrected chi connectivity index (χ1v) is 22.9. The lowest BCUT2D eigenvalue weighted by Crippen LogP contribution is -2.31. The summed E-state index contributed by atoms with van der Waals surface area (Å²) in [6.07, 6.45) is 2.86. The fourth-order valence-corrected chi connectivity index (χ4v) is 6.64. The van der Waals surface area contributed by atoms with Crippen LogP contribution in [0.5, 0.6) is 0 Å². The van der Waals surface area contributed by atoms with Crippen LogP contribution in [0.4, 0.5) is 16.5 Å². The molecule has 0 saturated carbocycles. The fraction of sp³-hybridized carbons (Fsp3) is 0.634. The highest BCUT2D eigenvalue weighted by molar-refractivity contribution is 7.85. The first kappa shape index (κ1) is 51.3. The Morgan fingerprint density at radius 2 is 1.15 bits per heavy atom. The third kappa shape index (κ3) is 25.7. The van der Waals surface area contributed by atoms with E-state index in [0.717, 1.165) is 23.5 Å². The van der Waals surface area contributed by atoms with E-state index in [2.05, 4.69) is 33.3 Å². The summed E-state index contributed by atoms with van der Waals surface area (Å²) in [6.45, 7) is 12.6. The van der Waals surface area contributed by atoms with E-state index < -0.39 is 10.1 Å². The molecule has 0 fully saturated rings. The molecule has 0 radical (unpaired) electrons. The Balaban J connectivity index is 1.20. The highest BCUT2D eigenvalue weighted by Gasteiger charge is 2.15. The Morgan fingerprint density at radius 1 is 0.650 bits per heavy atom. The Hall–Kier alpha value is -3.02. The fourth-order valence-electron chi connectivity index (χ4n) is 5.36. The Labute approximate surface area is 359 Å². The van der Waals surface area contributed by atoms with E-state index in [-0.39, 0.29) is 12.4 Å². The van der Waals surface area contributed by atoms with Gasteiger partial charge < -0.3 is 52.6 Å². The zero-order chi connectivity index (χ0) is 42.8. The highest BCUT2D eigenvalue weighted by Crippen LogP contribution is 2.28. The van der Waals surface area contributed by atoms with Crippen LogP contribution in [-0.4, -0.2) is 156 Å². The number of hydrogen-bond donors (Lipinski definition) is 2. The molecule has 1 aromatic heterocycles. The maximum Gasteiger partial charge on any atom is 0.408 e. The van der Waals surface area contributed by atoms with E-state index in [0.29, 0.717) is 150 Å². The standard InChI is InChI=1S/C41H64N4O13S2/c1-37-35-39(9-10-40(37)42-43-41-44(13-33-59-41)11-5-6-34-60(47,48)49)45(36-38-7-3-2-4-8-38)12-15-50-17-19-52-21-23-54-25-27-56-29-31-58-32-30-57-28-26-55-24-22-53-20-18-51-16-14-46/h2-4,7-10,13,33,35,46H,5-6,11-12,14-32,34,36H2,1H3/p+1. The minimum atomic E-state index is -3.96. The largest absolute Gasteiger partial charge is 0.408 e. The van der Waals surface area contributed by atoms with E-state index in [1.807, 2.05) is 53.4 Å². The van der Waals surface area contributed by atoms with Crippen LogP contribution in [-0.2, 0) is 65.8 Å².